The van der Waals surface area contributed by atoms with Gasteiger partial charge >= 0.3 is 0 Å². The van der Waals surface area contributed by atoms with Gasteiger partial charge in [0, 0.05) is 37.8 Å². The molecule has 7 heteroatoms. The second-order valence-electron chi connectivity index (χ2n) is 7.71. The molecule has 7 nitrogen and oxygen atoms in total. The van der Waals surface area contributed by atoms with Crippen LogP contribution < -0.4 is 10.5 Å². The van der Waals surface area contributed by atoms with Gasteiger partial charge in [0.25, 0.3) is 0 Å². The minimum Gasteiger partial charge on any atom is -0.508 e. The molecule has 0 radical (unpaired) electrons. The van der Waals surface area contributed by atoms with Crippen molar-refractivity contribution in [2.45, 2.75) is 30.5 Å². The molecule has 1 aliphatic carbocycles. The third kappa shape index (κ3) is 3.79. The molecule has 142 valence electrons. The molecule has 2 aromatic rings. The molecular weight excluding hydrogens is 344 g/mol. The van der Waals surface area contributed by atoms with Gasteiger partial charge in [0.2, 0.25) is 0 Å². The average molecular weight is 368 g/mol. The highest BCUT2D eigenvalue weighted by atomic mass is 16.5. The number of nitrogens with two attached hydrogens (primary N) is 1. The van der Waals surface area contributed by atoms with E-state index >= 15 is 0 Å². The number of fused-ring (bicyclic) bond motifs is 1. The Morgan fingerprint density at radius 2 is 2.19 bits per heavy atom. The van der Waals surface area contributed by atoms with E-state index in [1.807, 2.05) is 12.1 Å². The fraction of sp³-hybridized carbons (Fsp3) is 0.450. The second-order valence-corrected chi connectivity index (χ2v) is 7.71. The first-order valence-corrected chi connectivity index (χ1v) is 9.25. The molecule has 0 bridgehead atoms. The summed E-state index contributed by atoms with van der Waals surface area (Å²) in [6.07, 6.45) is 5.25. The molecule has 1 aromatic heterocycles. The lowest BCUT2D eigenvalue weighted by Crippen LogP contribution is -2.45. The third-order valence-electron chi connectivity index (χ3n) is 5.74. The summed E-state index contributed by atoms with van der Waals surface area (Å²) in [4.78, 5) is 17.7. The van der Waals surface area contributed by atoms with Crippen LogP contribution in [0, 0.1) is 10.8 Å². The lowest BCUT2D eigenvalue weighted by molar-refractivity contribution is 0.180. The third-order valence-corrected chi connectivity index (χ3v) is 5.74. The van der Waals surface area contributed by atoms with Crippen LogP contribution in [0.15, 0.2) is 54.0 Å². The molecule has 1 aromatic carbocycles. The first kappa shape index (κ1) is 17.9. The molecular formula is C20H24N4O3. The fourth-order valence-electron chi connectivity index (χ4n) is 4.45. The highest BCUT2D eigenvalue weighted by Crippen LogP contribution is 2.42. The van der Waals surface area contributed by atoms with Crippen LogP contribution in [-0.4, -0.2) is 46.3 Å². The van der Waals surface area contributed by atoms with Crippen molar-refractivity contribution in [1.82, 2.24) is 9.88 Å². The Balaban J connectivity index is 1.36. The number of pyridine rings is 1. The number of hydrogen-bond donors (Lipinski definition) is 2. The Morgan fingerprint density at radius 1 is 1.37 bits per heavy atom. The maximum atomic E-state index is 11.4. The van der Waals surface area contributed by atoms with E-state index in [9.17, 15) is 10.0 Å². The summed E-state index contributed by atoms with van der Waals surface area (Å²) in [5, 5.41) is 12.7. The first-order valence-electron chi connectivity index (χ1n) is 9.25. The fourth-order valence-corrected chi connectivity index (χ4v) is 4.45. The minimum absolute atomic E-state index is 0.100. The van der Waals surface area contributed by atoms with Crippen LogP contribution >= 0.6 is 0 Å². The summed E-state index contributed by atoms with van der Waals surface area (Å²) in [6, 6.07) is 9.96. The molecule has 2 aliphatic rings. The van der Waals surface area contributed by atoms with Crippen LogP contribution in [0.2, 0.25) is 0 Å². The number of rotatable bonds is 6. The molecule has 0 spiro atoms. The van der Waals surface area contributed by atoms with Crippen molar-refractivity contribution in [3.63, 3.8) is 0 Å². The van der Waals surface area contributed by atoms with E-state index in [-0.39, 0.29) is 17.4 Å². The van der Waals surface area contributed by atoms with Crippen LogP contribution in [-0.2, 0) is 0 Å². The van der Waals surface area contributed by atoms with E-state index in [0.29, 0.717) is 12.5 Å². The Kier molecular flexibility index (Phi) is 4.80. The van der Waals surface area contributed by atoms with E-state index < -0.39 is 6.04 Å². The van der Waals surface area contributed by atoms with Gasteiger partial charge in [-0.1, -0.05) is 17.3 Å². The highest BCUT2D eigenvalue weighted by molar-refractivity contribution is 5.28. The van der Waals surface area contributed by atoms with Crippen molar-refractivity contribution >= 4 is 0 Å². The van der Waals surface area contributed by atoms with Crippen LogP contribution in [0.3, 0.4) is 0 Å². The molecule has 1 aliphatic heterocycles. The average Bonchev–Trinajstić information content (AvgIpc) is 3.11. The van der Waals surface area contributed by atoms with Gasteiger partial charge in [-0.15, -0.1) is 0 Å². The number of phenolic OH excluding ortho intramolecular Hbond substituents is 1. The lowest BCUT2D eigenvalue weighted by Gasteiger charge is -2.25. The molecule has 2 fully saturated rings. The van der Waals surface area contributed by atoms with Gasteiger partial charge in [-0.3, -0.25) is 9.88 Å². The molecule has 3 N–H and O–H groups in total. The standard InChI is InChI=1S/C20H24N4O3/c21-20-9-18(27-17-2-1-7-22-10-17)8-15(20)11-24(13-20)12-19(23-26)14-3-5-16(25)6-4-14/h1-7,10,15,18-19,25H,8-9,11-13,21H2/t15-,18-,19+,20-/m1/s1. The topological polar surface area (TPSA) is 101 Å². The lowest BCUT2D eigenvalue weighted by atomic mass is 9.92. The van der Waals surface area contributed by atoms with Crippen molar-refractivity contribution in [3.8, 4) is 11.5 Å². The minimum atomic E-state index is -0.463. The predicted octanol–water partition coefficient (Wildman–Crippen LogP) is 2.47. The molecule has 1 saturated carbocycles. The monoisotopic (exact) mass is 368 g/mol. The number of benzene rings is 1. The van der Waals surface area contributed by atoms with Gasteiger partial charge in [-0.05, 0) is 42.2 Å². The Hall–Kier alpha value is -2.51. The van der Waals surface area contributed by atoms with Crippen LogP contribution in [0.5, 0.6) is 11.5 Å². The Labute approximate surface area is 158 Å². The highest BCUT2D eigenvalue weighted by Gasteiger charge is 2.51. The number of likely N-dealkylation sites (tertiary alicyclic amines) is 1. The number of aromatic hydroxyl groups is 1. The first-order chi connectivity index (χ1) is 13.1. The normalized spacial score (nSPS) is 28.6. The van der Waals surface area contributed by atoms with E-state index in [0.717, 1.165) is 37.2 Å². The van der Waals surface area contributed by atoms with Crippen molar-refractivity contribution in [1.29, 1.82) is 0 Å². The van der Waals surface area contributed by atoms with Gasteiger partial charge < -0.3 is 15.6 Å². The number of hydrogen-bond acceptors (Lipinski definition) is 7. The van der Waals surface area contributed by atoms with Crippen LogP contribution in [0.4, 0.5) is 0 Å². The Bertz CT molecular complexity index is 786. The van der Waals surface area contributed by atoms with Crippen molar-refractivity contribution in [2.75, 3.05) is 19.6 Å². The van der Waals surface area contributed by atoms with Gasteiger partial charge in [0.15, 0.2) is 0 Å². The largest absolute Gasteiger partial charge is 0.508 e. The number of nitrogens with zero attached hydrogens (tertiary/aromatic N) is 3. The van der Waals surface area contributed by atoms with Crippen molar-refractivity contribution in [3.05, 3.63) is 59.3 Å². The number of ether oxygens (including phenoxy) is 1. The predicted molar refractivity (Wildman–Crippen MR) is 101 cm³/mol. The summed E-state index contributed by atoms with van der Waals surface area (Å²) < 4.78 is 6.04. The van der Waals surface area contributed by atoms with Crippen molar-refractivity contribution < 1.29 is 9.84 Å². The van der Waals surface area contributed by atoms with E-state index in [1.165, 1.54) is 0 Å². The van der Waals surface area contributed by atoms with E-state index in [1.54, 1.807) is 36.7 Å². The van der Waals surface area contributed by atoms with Gasteiger partial charge in [0.05, 0.1) is 6.20 Å². The van der Waals surface area contributed by atoms with Crippen LogP contribution in [0.25, 0.3) is 0 Å². The quantitative estimate of drug-likeness (QED) is 0.760. The molecule has 27 heavy (non-hydrogen) atoms. The number of nitroso groups, excluding NO2 is 1. The Morgan fingerprint density at radius 3 is 2.85 bits per heavy atom. The second kappa shape index (κ2) is 7.25. The van der Waals surface area contributed by atoms with Crippen molar-refractivity contribution in [2.24, 2.45) is 16.8 Å². The summed E-state index contributed by atoms with van der Waals surface area (Å²) in [5.74, 6) is 1.30. The molecule has 2 heterocycles. The molecule has 0 unspecified atom stereocenters. The zero-order valence-corrected chi connectivity index (χ0v) is 15.1. The maximum Gasteiger partial charge on any atom is 0.137 e. The summed E-state index contributed by atoms with van der Waals surface area (Å²) in [7, 11) is 0. The van der Waals surface area contributed by atoms with E-state index in [2.05, 4.69) is 15.1 Å². The molecule has 4 rings (SSSR count). The number of aromatic nitrogens is 1. The van der Waals surface area contributed by atoms with E-state index in [4.69, 9.17) is 10.5 Å². The van der Waals surface area contributed by atoms with Gasteiger partial charge in [-0.25, -0.2) is 0 Å². The smallest absolute Gasteiger partial charge is 0.137 e. The van der Waals surface area contributed by atoms with Crippen LogP contribution in [0.1, 0.15) is 24.4 Å². The molecule has 0 amide bonds. The molecule has 4 atom stereocenters. The number of phenols is 1. The zero-order chi connectivity index (χ0) is 18.9. The maximum absolute atomic E-state index is 11.4. The zero-order valence-electron chi connectivity index (χ0n) is 15.1. The summed E-state index contributed by atoms with van der Waals surface area (Å²) in [6.45, 7) is 2.11. The van der Waals surface area contributed by atoms with Gasteiger partial charge in [0.1, 0.15) is 23.6 Å². The molecule has 1 saturated heterocycles. The SMILES string of the molecule is N[C@@]12C[C@H](Oc3cccnc3)C[C@@H]1CN(C[C@H](N=O)c1ccc(O)cc1)C2. The summed E-state index contributed by atoms with van der Waals surface area (Å²) in [5.41, 5.74) is 7.21. The van der Waals surface area contributed by atoms with Gasteiger partial charge in [-0.2, -0.15) is 4.91 Å². The summed E-state index contributed by atoms with van der Waals surface area (Å²) >= 11 is 0.